The predicted molar refractivity (Wildman–Crippen MR) is 65.3 cm³/mol. The van der Waals surface area contributed by atoms with Gasteiger partial charge < -0.3 is 5.11 Å². The summed E-state index contributed by atoms with van der Waals surface area (Å²) in [6.45, 7) is 8.84. The summed E-state index contributed by atoms with van der Waals surface area (Å²) in [7, 11) is 0. The van der Waals surface area contributed by atoms with Crippen molar-refractivity contribution in [1.82, 2.24) is 0 Å². The lowest BCUT2D eigenvalue weighted by Crippen LogP contribution is -2.09. The second-order valence-electron chi connectivity index (χ2n) is 5.45. The first-order chi connectivity index (χ1) is 6.92. The van der Waals surface area contributed by atoms with Gasteiger partial charge in [0.1, 0.15) is 5.75 Å². The molecule has 0 aliphatic heterocycles. The zero-order chi connectivity index (χ0) is 11.5. The lowest BCUT2D eigenvalue weighted by atomic mass is 9.87. The molecule has 0 heterocycles. The fourth-order valence-electron chi connectivity index (χ4n) is 1.83. The molecule has 0 unspecified atom stereocenters. The number of hydrogen-bond acceptors (Lipinski definition) is 1. The molecule has 84 valence electrons. The highest BCUT2D eigenvalue weighted by atomic mass is 16.3. The van der Waals surface area contributed by atoms with Crippen molar-refractivity contribution < 1.29 is 5.11 Å². The quantitative estimate of drug-likeness (QED) is 0.794. The molecule has 0 aliphatic rings. The summed E-state index contributed by atoms with van der Waals surface area (Å²) in [4.78, 5) is 0. The molecule has 0 amide bonds. The van der Waals surface area contributed by atoms with Crippen molar-refractivity contribution in [2.45, 2.75) is 47.0 Å². The van der Waals surface area contributed by atoms with Gasteiger partial charge in [0, 0.05) is 0 Å². The normalized spacial score (nSPS) is 11.7. The molecular formula is C14H22O. The van der Waals surface area contributed by atoms with E-state index in [1.165, 1.54) is 5.56 Å². The number of aryl methyl sites for hydroxylation is 1. The van der Waals surface area contributed by atoms with E-state index in [4.69, 9.17) is 0 Å². The molecule has 0 atom stereocenters. The average Bonchev–Trinajstić information content (AvgIpc) is 2.09. The summed E-state index contributed by atoms with van der Waals surface area (Å²) in [6, 6.07) is 6.00. The van der Waals surface area contributed by atoms with Crippen molar-refractivity contribution >= 4 is 0 Å². The van der Waals surface area contributed by atoms with Crippen LogP contribution >= 0.6 is 0 Å². The van der Waals surface area contributed by atoms with Crippen LogP contribution in [0.5, 0.6) is 5.75 Å². The predicted octanol–water partition coefficient (Wildman–Crippen LogP) is 3.93. The summed E-state index contributed by atoms with van der Waals surface area (Å²) in [6.07, 6.45) is 3.10. The highest BCUT2D eigenvalue weighted by Crippen LogP contribution is 2.25. The molecule has 0 radical (unpaired) electrons. The Balaban J connectivity index is 2.87. The Morgan fingerprint density at radius 1 is 1.20 bits per heavy atom. The minimum atomic E-state index is 0.306. The highest BCUT2D eigenvalue weighted by molar-refractivity contribution is 5.36. The van der Waals surface area contributed by atoms with E-state index in [0.29, 0.717) is 11.2 Å². The molecule has 1 N–H and O–H groups in total. The van der Waals surface area contributed by atoms with E-state index in [1.54, 1.807) is 0 Å². The molecule has 0 aromatic heterocycles. The van der Waals surface area contributed by atoms with Crippen molar-refractivity contribution in [1.29, 1.82) is 0 Å². The van der Waals surface area contributed by atoms with Gasteiger partial charge in [-0.3, -0.25) is 0 Å². The van der Waals surface area contributed by atoms with Crippen LogP contribution in [0.2, 0.25) is 0 Å². The largest absolute Gasteiger partial charge is 0.508 e. The summed E-state index contributed by atoms with van der Waals surface area (Å²) >= 11 is 0. The first-order valence-electron chi connectivity index (χ1n) is 5.73. The van der Waals surface area contributed by atoms with Gasteiger partial charge >= 0.3 is 0 Å². The lowest BCUT2D eigenvalue weighted by molar-refractivity contribution is 0.410. The maximum atomic E-state index is 9.66. The molecule has 1 aromatic rings. The minimum absolute atomic E-state index is 0.306. The third-order valence-corrected chi connectivity index (χ3v) is 2.40. The van der Waals surface area contributed by atoms with Gasteiger partial charge in [-0.1, -0.05) is 46.2 Å². The van der Waals surface area contributed by atoms with Crippen LogP contribution in [0.15, 0.2) is 18.2 Å². The number of rotatable bonds is 3. The average molecular weight is 206 g/mol. The maximum absolute atomic E-state index is 9.66. The third kappa shape index (κ3) is 3.94. The molecule has 15 heavy (non-hydrogen) atoms. The van der Waals surface area contributed by atoms with Crippen LogP contribution in [0.4, 0.5) is 0 Å². The molecule has 1 nitrogen and oxygen atoms in total. The Labute approximate surface area is 93.1 Å². The van der Waals surface area contributed by atoms with Crippen molar-refractivity contribution in [2.24, 2.45) is 5.41 Å². The third-order valence-electron chi connectivity index (χ3n) is 2.40. The number of hydrogen-bond donors (Lipinski definition) is 1. The summed E-state index contributed by atoms with van der Waals surface area (Å²) in [5.41, 5.74) is 2.71. The van der Waals surface area contributed by atoms with Crippen LogP contribution < -0.4 is 0 Å². The number of benzene rings is 1. The Morgan fingerprint density at radius 3 is 2.40 bits per heavy atom. The van der Waals surface area contributed by atoms with Gasteiger partial charge in [-0.15, -0.1) is 0 Å². The molecule has 0 saturated heterocycles. The van der Waals surface area contributed by atoms with E-state index in [9.17, 15) is 5.11 Å². The van der Waals surface area contributed by atoms with Crippen LogP contribution in [0.1, 0.15) is 45.2 Å². The fraction of sp³-hybridized carbons (Fsp3) is 0.571. The van der Waals surface area contributed by atoms with Crippen LogP contribution in [-0.4, -0.2) is 5.11 Å². The molecule has 1 heteroatoms. The van der Waals surface area contributed by atoms with E-state index >= 15 is 0 Å². The Kier molecular flexibility index (Phi) is 3.78. The maximum Gasteiger partial charge on any atom is 0.118 e. The Morgan fingerprint density at radius 2 is 1.87 bits per heavy atom. The number of phenols is 1. The van der Waals surface area contributed by atoms with Gasteiger partial charge in [0.25, 0.3) is 0 Å². The molecule has 0 fully saturated rings. The molecule has 1 rings (SSSR count). The van der Waals surface area contributed by atoms with Gasteiger partial charge in [0.15, 0.2) is 0 Å². The van der Waals surface area contributed by atoms with Gasteiger partial charge in [-0.25, -0.2) is 0 Å². The van der Waals surface area contributed by atoms with Gasteiger partial charge in [0.05, 0.1) is 0 Å². The molecule has 0 spiro atoms. The highest BCUT2D eigenvalue weighted by Gasteiger charge is 2.12. The Hall–Kier alpha value is -0.980. The smallest absolute Gasteiger partial charge is 0.118 e. The lowest BCUT2D eigenvalue weighted by Gasteiger charge is -2.18. The van der Waals surface area contributed by atoms with Crippen molar-refractivity contribution in [2.75, 3.05) is 0 Å². The van der Waals surface area contributed by atoms with E-state index in [-0.39, 0.29) is 0 Å². The van der Waals surface area contributed by atoms with Crippen molar-refractivity contribution in [3.63, 3.8) is 0 Å². The Bertz CT molecular complexity index is 321. The zero-order valence-electron chi connectivity index (χ0n) is 10.3. The standard InChI is InChI=1S/C14H22O/c1-5-6-12-9-11(7-8-13(12)15)10-14(2,3)4/h7-9,15H,5-6,10H2,1-4H3. The second-order valence-corrected chi connectivity index (χ2v) is 5.45. The van der Waals surface area contributed by atoms with Gasteiger partial charge in [0.2, 0.25) is 0 Å². The molecule has 0 saturated carbocycles. The van der Waals surface area contributed by atoms with E-state index in [2.05, 4.69) is 33.8 Å². The minimum Gasteiger partial charge on any atom is -0.508 e. The summed E-state index contributed by atoms with van der Waals surface area (Å²) in [5, 5.41) is 9.66. The van der Waals surface area contributed by atoms with Crippen LogP contribution in [0.25, 0.3) is 0 Å². The van der Waals surface area contributed by atoms with Gasteiger partial charge in [-0.2, -0.15) is 0 Å². The van der Waals surface area contributed by atoms with E-state index < -0.39 is 0 Å². The summed E-state index contributed by atoms with van der Waals surface area (Å²) < 4.78 is 0. The van der Waals surface area contributed by atoms with E-state index in [1.807, 2.05) is 12.1 Å². The topological polar surface area (TPSA) is 20.2 Å². The zero-order valence-corrected chi connectivity index (χ0v) is 10.3. The molecular weight excluding hydrogens is 184 g/mol. The molecule has 1 aromatic carbocycles. The van der Waals surface area contributed by atoms with Crippen molar-refractivity contribution in [3.05, 3.63) is 29.3 Å². The number of aromatic hydroxyl groups is 1. The van der Waals surface area contributed by atoms with Crippen LogP contribution in [0.3, 0.4) is 0 Å². The van der Waals surface area contributed by atoms with Crippen LogP contribution in [-0.2, 0) is 12.8 Å². The van der Waals surface area contributed by atoms with Crippen LogP contribution in [0, 0.1) is 5.41 Å². The summed E-state index contributed by atoms with van der Waals surface area (Å²) in [5.74, 6) is 0.439. The first-order valence-corrected chi connectivity index (χ1v) is 5.73. The number of phenolic OH excluding ortho intramolecular Hbond substituents is 1. The second kappa shape index (κ2) is 4.69. The molecule has 0 bridgehead atoms. The first kappa shape index (κ1) is 12.1. The molecule has 0 aliphatic carbocycles. The fourth-order valence-corrected chi connectivity index (χ4v) is 1.83. The van der Waals surface area contributed by atoms with E-state index in [0.717, 1.165) is 24.8 Å². The van der Waals surface area contributed by atoms with Crippen molar-refractivity contribution in [3.8, 4) is 5.75 Å². The monoisotopic (exact) mass is 206 g/mol. The SMILES string of the molecule is CCCc1cc(CC(C)(C)C)ccc1O. The van der Waals surface area contributed by atoms with Gasteiger partial charge in [-0.05, 0) is 35.4 Å².